The van der Waals surface area contributed by atoms with E-state index in [1.165, 1.54) is 4.31 Å². The minimum atomic E-state index is -3.61. The maximum atomic E-state index is 12.1. The number of piperazine rings is 1. The normalized spacial score (nSPS) is 17.9. The largest absolute Gasteiger partial charge is 0.357 e. The molecule has 0 amide bonds. The summed E-state index contributed by atoms with van der Waals surface area (Å²) in [5.74, 6) is 0. The van der Waals surface area contributed by atoms with E-state index in [0.717, 1.165) is 11.2 Å². The number of nitrogens with one attached hydrogen (secondary N) is 1. The van der Waals surface area contributed by atoms with Crippen LogP contribution in [0.1, 0.15) is 5.69 Å². The zero-order valence-corrected chi connectivity index (χ0v) is 12.8. The molecule has 1 aromatic carbocycles. The second kappa shape index (κ2) is 5.81. The van der Waals surface area contributed by atoms with Crippen LogP contribution in [0.25, 0.3) is 10.9 Å². The molecule has 3 N–H and O–H groups in total. The molecule has 118 valence electrons. The van der Waals surface area contributed by atoms with Crippen LogP contribution in [0.15, 0.2) is 35.1 Å². The predicted octanol–water partition coefficient (Wildman–Crippen LogP) is -0.151. The Morgan fingerprint density at radius 3 is 2.50 bits per heavy atom. The Labute approximate surface area is 128 Å². The number of nitrogens with zero attached hydrogens (tertiary/aromatic N) is 2. The summed E-state index contributed by atoms with van der Waals surface area (Å²) in [5.41, 5.74) is 1.63. The van der Waals surface area contributed by atoms with E-state index in [1.807, 2.05) is 18.2 Å². The molecule has 2 aromatic rings. The van der Waals surface area contributed by atoms with Crippen LogP contribution in [0.3, 0.4) is 0 Å². The number of fused-ring (bicyclic) bond motifs is 1. The van der Waals surface area contributed by atoms with Gasteiger partial charge in [-0.05, 0) is 12.1 Å². The lowest BCUT2D eigenvalue weighted by molar-refractivity contribution is 0.180. The molecule has 0 atom stereocenters. The highest BCUT2D eigenvalue weighted by Gasteiger charge is 2.23. The zero-order valence-electron chi connectivity index (χ0n) is 12.0. The predicted molar refractivity (Wildman–Crippen MR) is 84.5 cm³/mol. The summed E-state index contributed by atoms with van der Waals surface area (Å²) < 4.78 is 23.8. The van der Waals surface area contributed by atoms with Gasteiger partial charge in [0.05, 0.1) is 0 Å². The molecular formula is C14H18N4O3S. The second-order valence-electron chi connectivity index (χ2n) is 5.42. The fraction of sp³-hybridized carbons (Fsp3) is 0.357. The molecule has 1 aromatic heterocycles. The first-order valence-corrected chi connectivity index (χ1v) is 8.55. The van der Waals surface area contributed by atoms with Crippen molar-refractivity contribution in [1.29, 1.82) is 0 Å². The number of para-hydroxylation sites is 1. The Hall–Kier alpha value is -1.74. The zero-order chi connectivity index (χ0) is 15.7. The third-order valence-corrected chi connectivity index (χ3v) is 4.96. The maximum Gasteiger partial charge on any atom is 0.276 e. The Morgan fingerprint density at radius 2 is 1.82 bits per heavy atom. The number of benzene rings is 1. The summed E-state index contributed by atoms with van der Waals surface area (Å²) in [6.07, 6.45) is 0. The molecule has 7 nitrogen and oxygen atoms in total. The van der Waals surface area contributed by atoms with Gasteiger partial charge in [0.2, 0.25) is 0 Å². The van der Waals surface area contributed by atoms with Crippen molar-refractivity contribution in [3.8, 4) is 0 Å². The number of pyridine rings is 1. The lowest BCUT2D eigenvalue weighted by Gasteiger charge is -2.32. The van der Waals surface area contributed by atoms with E-state index in [0.29, 0.717) is 38.1 Å². The van der Waals surface area contributed by atoms with Gasteiger partial charge in [-0.1, -0.05) is 12.1 Å². The molecule has 0 spiro atoms. The fourth-order valence-electron chi connectivity index (χ4n) is 2.72. The number of H-pyrrole nitrogens is 1. The molecule has 0 saturated carbocycles. The second-order valence-corrected chi connectivity index (χ2v) is 6.97. The van der Waals surface area contributed by atoms with Crippen molar-refractivity contribution in [2.75, 3.05) is 26.2 Å². The summed E-state index contributed by atoms with van der Waals surface area (Å²) in [6.45, 7) is 2.50. The molecule has 1 aliphatic heterocycles. The van der Waals surface area contributed by atoms with Crippen LogP contribution in [0.4, 0.5) is 0 Å². The summed E-state index contributed by atoms with van der Waals surface area (Å²) >= 11 is 0. The molecule has 1 fully saturated rings. The SMILES string of the molecule is NS(=O)(=O)N1CCN(Cc2cc(=O)c3ccccc3[nH]2)CC1. The van der Waals surface area contributed by atoms with Gasteiger partial charge < -0.3 is 4.98 Å². The van der Waals surface area contributed by atoms with E-state index >= 15 is 0 Å². The van der Waals surface area contributed by atoms with Gasteiger partial charge in [0.1, 0.15) is 0 Å². The summed E-state index contributed by atoms with van der Waals surface area (Å²) in [4.78, 5) is 17.4. The van der Waals surface area contributed by atoms with Gasteiger partial charge in [0, 0.05) is 55.4 Å². The van der Waals surface area contributed by atoms with Crippen molar-refractivity contribution in [3.63, 3.8) is 0 Å². The number of hydrogen-bond donors (Lipinski definition) is 2. The van der Waals surface area contributed by atoms with Gasteiger partial charge in [0.25, 0.3) is 10.2 Å². The molecule has 1 aliphatic rings. The Kier molecular flexibility index (Phi) is 4.00. The first kappa shape index (κ1) is 15.2. The highest BCUT2D eigenvalue weighted by Crippen LogP contribution is 2.11. The van der Waals surface area contributed by atoms with Crippen LogP contribution in [0.5, 0.6) is 0 Å². The van der Waals surface area contributed by atoms with Crippen molar-refractivity contribution >= 4 is 21.1 Å². The first-order valence-electron chi connectivity index (χ1n) is 7.05. The standard InChI is InChI=1S/C14H18N4O3S/c15-22(20,21)18-7-5-17(6-8-18)10-11-9-14(19)12-3-1-2-4-13(12)16-11/h1-4,9H,5-8,10H2,(H,16,19)(H2,15,20,21). The third-order valence-electron chi connectivity index (χ3n) is 3.88. The van der Waals surface area contributed by atoms with Crippen LogP contribution in [-0.4, -0.2) is 48.8 Å². The van der Waals surface area contributed by atoms with Gasteiger partial charge in [-0.3, -0.25) is 9.69 Å². The monoisotopic (exact) mass is 322 g/mol. The Morgan fingerprint density at radius 1 is 1.14 bits per heavy atom. The third kappa shape index (κ3) is 3.20. The van der Waals surface area contributed by atoms with Crippen LogP contribution in [0, 0.1) is 0 Å². The first-order chi connectivity index (χ1) is 10.4. The lowest BCUT2D eigenvalue weighted by atomic mass is 10.2. The van der Waals surface area contributed by atoms with Gasteiger partial charge in [-0.25, -0.2) is 5.14 Å². The minimum Gasteiger partial charge on any atom is -0.357 e. The highest BCUT2D eigenvalue weighted by atomic mass is 32.2. The number of aromatic nitrogens is 1. The molecule has 8 heteroatoms. The van der Waals surface area contributed by atoms with Gasteiger partial charge >= 0.3 is 0 Å². The van der Waals surface area contributed by atoms with Crippen molar-refractivity contribution in [3.05, 3.63) is 46.2 Å². The maximum absolute atomic E-state index is 12.1. The molecule has 2 heterocycles. The van der Waals surface area contributed by atoms with Crippen molar-refractivity contribution in [1.82, 2.24) is 14.2 Å². The van der Waals surface area contributed by atoms with Crippen molar-refractivity contribution in [2.24, 2.45) is 5.14 Å². The number of aromatic amines is 1. The van der Waals surface area contributed by atoms with Crippen LogP contribution >= 0.6 is 0 Å². The Balaban J connectivity index is 1.74. The Bertz CT molecular complexity index is 839. The molecule has 1 saturated heterocycles. The lowest BCUT2D eigenvalue weighted by Crippen LogP contribution is -2.50. The van der Waals surface area contributed by atoms with E-state index in [2.05, 4.69) is 9.88 Å². The average Bonchev–Trinajstić information content (AvgIpc) is 2.47. The van der Waals surface area contributed by atoms with Gasteiger partial charge in [-0.2, -0.15) is 12.7 Å². The van der Waals surface area contributed by atoms with Crippen LogP contribution in [0.2, 0.25) is 0 Å². The van der Waals surface area contributed by atoms with Gasteiger partial charge in [0.15, 0.2) is 5.43 Å². The number of nitrogens with two attached hydrogens (primary N) is 1. The average molecular weight is 322 g/mol. The minimum absolute atomic E-state index is 0.00692. The fourth-order valence-corrected chi connectivity index (χ4v) is 3.39. The number of hydrogen-bond acceptors (Lipinski definition) is 4. The highest BCUT2D eigenvalue weighted by molar-refractivity contribution is 7.86. The molecule has 0 bridgehead atoms. The quantitative estimate of drug-likeness (QED) is 0.821. The molecule has 0 unspecified atom stereocenters. The van der Waals surface area contributed by atoms with Crippen molar-refractivity contribution in [2.45, 2.75) is 6.54 Å². The molecule has 3 rings (SSSR count). The van der Waals surface area contributed by atoms with E-state index in [4.69, 9.17) is 5.14 Å². The van der Waals surface area contributed by atoms with E-state index < -0.39 is 10.2 Å². The molecule has 22 heavy (non-hydrogen) atoms. The van der Waals surface area contributed by atoms with Crippen molar-refractivity contribution < 1.29 is 8.42 Å². The number of rotatable bonds is 3. The smallest absolute Gasteiger partial charge is 0.276 e. The van der Waals surface area contributed by atoms with Gasteiger partial charge in [-0.15, -0.1) is 0 Å². The molecule has 0 aliphatic carbocycles. The van der Waals surface area contributed by atoms with E-state index in [1.54, 1.807) is 12.1 Å². The van der Waals surface area contributed by atoms with E-state index in [9.17, 15) is 13.2 Å². The van der Waals surface area contributed by atoms with E-state index in [-0.39, 0.29) is 5.43 Å². The molecular weight excluding hydrogens is 304 g/mol. The molecule has 0 radical (unpaired) electrons. The van der Waals surface area contributed by atoms with Crippen LogP contribution < -0.4 is 10.6 Å². The summed E-state index contributed by atoms with van der Waals surface area (Å²) in [5, 5.41) is 5.79. The van der Waals surface area contributed by atoms with Crippen LogP contribution in [-0.2, 0) is 16.8 Å². The summed E-state index contributed by atoms with van der Waals surface area (Å²) in [7, 11) is -3.61. The summed E-state index contributed by atoms with van der Waals surface area (Å²) in [6, 6.07) is 8.99. The topological polar surface area (TPSA) is 99.5 Å².